The first-order chi connectivity index (χ1) is 15.8. The van der Waals surface area contributed by atoms with Crippen LogP contribution in [-0.2, 0) is 25.5 Å². The van der Waals surface area contributed by atoms with E-state index in [-0.39, 0.29) is 17.7 Å². The molecule has 10 heteroatoms. The van der Waals surface area contributed by atoms with Gasteiger partial charge in [-0.1, -0.05) is 29.8 Å². The Hall–Kier alpha value is -3.98. The summed E-state index contributed by atoms with van der Waals surface area (Å²) in [6.45, 7) is 1.71. The number of nitrogens with one attached hydrogen (secondary N) is 1. The number of amides is 1. The number of hydrogen-bond donors (Lipinski definition) is 1. The number of methoxy groups -OCH3 is 2. The van der Waals surface area contributed by atoms with Crippen molar-refractivity contribution in [1.82, 2.24) is 20.3 Å². The lowest BCUT2D eigenvalue weighted by atomic mass is 10.1. The van der Waals surface area contributed by atoms with Gasteiger partial charge in [-0.3, -0.25) is 4.79 Å². The van der Waals surface area contributed by atoms with E-state index in [1.165, 1.54) is 11.9 Å². The number of benzene rings is 2. The van der Waals surface area contributed by atoms with E-state index < -0.39 is 17.8 Å². The van der Waals surface area contributed by atoms with Gasteiger partial charge in [0.25, 0.3) is 5.91 Å². The molecular weight excluding hydrogens is 448 g/mol. The van der Waals surface area contributed by atoms with E-state index in [1.54, 1.807) is 61.5 Å². The Labute approximate surface area is 195 Å². The van der Waals surface area contributed by atoms with Crippen molar-refractivity contribution < 1.29 is 23.9 Å². The number of carbonyl (C=O) groups is 3. The molecule has 1 heterocycles. The van der Waals surface area contributed by atoms with E-state index in [0.29, 0.717) is 27.7 Å². The van der Waals surface area contributed by atoms with Crippen LogP contribution in [0.5, 0.6) is 0 Å². The van der Waals surface area contributed by atoms with Crippen molar-refractivity contribution in [2.75, 3.05) is 14.2 Å². The highest BCUT2D eigenvalue weighted by Gasteiger charge is 2.27. The second-order valence-corrected chi connectivity index (χ2v) is 7.27. The van der Waals surface area contributed by atoms with Gasteiger partial charge in [0.05, 0.1) is 36.9 Å². The zero-order valence-electron chi connectivity index (χ0n) is 18.2. The molecule has 3 aromatic rings. The van der Waals surface area contributed by atoms with Gasteiger partial charge >= 0.3 is 11.9 Å². The van der Waals surface area contributed by atoms with Crippen LogP contribution in [0.25, 0.3) is 5.69 Å². The van der Waals surface area contributed by atoms with Gasteiger partial charge in [0, 0.05) is 17.0 Å². The van der Waals surface area contributed by atoms with Crippen molar-refractivity contribution in [1.29, 1.82) is 0 Å². The molecule has 0 radical (unpaired) electrons. The lowest BCUT2D eigenvalue weighted by molar-refractivity contribution is -0.139. The molecule has 0 unspecified atom stereocenters. The normalized spacial score (nSPS) is 11.4. The fourth-order valence-corrected chi connectivity index (χ4v) is 3.07. The third-order valence-corrected chi connectivity index (χ3v) is 4.93. The maximum Gasteiger partial charge on any atom is 0.355 e. The second-order valence-electron chi connectivity index (χ2n) is 6.83. The molecule has 0 spiro atoms. The lowest BCUT2D eigenvalue weighted by Crippen LogP contribution is -2.32. The van der Waals surface area contributed by atoms with E-state index in [4.69, 9.17) is 21.1 Å². The van der Waals surface area contributed by atoms with Crippen molar-refractivity contribution in [3.05, 3.63) is 87.8 Å². The SMILES string of the molecule is COC(=O)/C(Cc1nn(-c2ccc(Cl)cc2)nc1C)=C(/NC(=O)c1ccccc1)C(=O)OC. The molecule has 33 heavy (non-hydrogen) atoms. The highest BCUT2D eigenvalue weighted by atomic mass is 35.5. The summed E-state index contributed by atoms with van der Waals surface area (Å²) in [4.78, 5) is 39.2. The Kier molecular flexibility index (Phi) is 7.57. The fourth-order valence-electron chi connectivity index (χ4n) is 2.94. The summed E-state index contributed by atoms with van der Waals surface area (Å²) in [6.07, 6.45) is -0.133. The van der Waals surface area contributed by atoms with Crippen LogP contribution < -0.4 is 5.32 Å². The summed E-state index contributed by atoms with van der Waals surface area (Å²) in [7, 11) is 2.32. The molecule has 0 aliphatic heterocycles. The Morgan fingerprint density at radius 2 is 1.58 bits per heavy atom. The lowest BCUT2D eigenvalue weighted by Gasteiger charge is -2.13. The van der Waals surface area contributed by atoms with E-state index in [9.17, 15) is 14.4 Å². The molecule has 1 N–H and O–H groups in total. The molecule has 0 aliphatic carbocycles. The molecule has 2 aromatic carbocycles. The van der Waals surface area contributed by atoms with Gasteiger partial charge in [0.2, 0.25) is 0 Å². The topological polar surface area (TPSA) is 112 Å². The molecule has 1 amide bonds. The minimum atomic E-state index is -0.901. The summed E-state index contributed by atoms with van der Waals surface area (Å²) in [5, 5.41) is 11.8. The monoisotopic (exact) mass is 468 g/mol. The molecule has 0 atom stereocenters. The fraction of sp³-hybridized carbons (Fsp3) is 0.174. The van der Waals surface area contributed by atoms with Crippen LogP contribution in [-0.4, -0.2) is 47.1 Å². The minimum absolute atomic E-state index is 0.125. The van der Waals surface area contributed by atoms with Gasteiger partial charge in [-0.05, 0) is 43.3 Å². The summed E-state index contributed by atoms with van der Waals surface area (Å²) < 4.78 is 9.67. The molecule has 0 fully saturated rings. The maximum atomic E-state index is 12.7. The van der Waals surface area contributed by atoms with Crippen molar-refractivity contribution >= 4 is 29.4 Å². The van der Waals surface area contributed by atoms with Crippen LogP contribution in [0.1, 0.15) is 21.7 Å². The number of nitrogens with zero attached hydrogens (tertiary/aromatic N) is 3. The van der Waals surface area contributed by atoms with Crippen molar-refractivity contribution in [2.45, 2.75) is 13.3 Å². The number of ether oxygens (including phenoxy) is 2. The average molecular weight is 469 g/mol. The zero-order chi connectivity index (χ0) is 24.0. The number of rotatable bonds is 7. The van der Waals surface area contributed by atoms with Gasteiger partial charge < -0.3 is 14.8 Å². The van der Waals surface area contributed by atoms with Gasteiger partial charge in [0.1, 0.15) is 5.70 Å². The van der Waals surface area contributed by atoms with Gasteiger partial charge in [-0.25, -0.2) is 9.59 Å². The predicted molar refractivity (Wildman–Crippen MR) is 120 cm³/mol. The first kappa shape index (κ1) is 23.7. The van der Waals surface area contributed by atoms with Crippen LogP contribution in [0, 0.1) is 6.92 Å². The Morgan fingerprint density at radius 3 is 2.18 bits per heavy atom. The van der Waals surface area contributed by atoms with E-state index in [1.807, 2.05) is 0 Å². The number of aryl methyl sites for hydroxylation is 1. The number of esters is 2. The summed E-state index contributed by atoms with van der Waals surface area (Å²) in [5.41, 5.74) is 1.42. The number of halogens is 1. The number of aromatic nitrogens is 3. The molecule has 0 bridgehead atoms. The van der Waals surface area contributed by atoms with Crippen LogP contribution in [0.2, 0.25) is 5.02 Å². The van der Waals surface area contributed by atoms with Crippen molar-refractivity contribution in [3.63, 3.8) is 0 Å². The second kappa shape index (κ2) is 10.6. The van der Waals surface area contributed by atoms with Crippen molar-refractivity contribution in [3.8, 4) is 5.69 Å². The van der Waals surface area contributed by atoms with Crippen LogP contribution in [0.4, 0.5) is 0 Å². The highest BCUT2D eigenvalue weighted by molar-refractivity contribution is 6.30. The van der Waals surface area contributed by atoms with Gasteiger partial charge in [-0.2, -0.15) is 15.0 Å². The van der Waals surface area contributed by atoms with Gasteiger partial charge in [-0.15, -0.1) is 0 Å². The first-order valence-electron chi connectivity index (χ1n) is 9.79. The molecule has 1 aromatic heterocycles. The third kappa shape index (κ3) is 5.64. The Balaban J connectivity index is 2.01. The molecule has 0 saturated carbocycles. The van der Waals surface area contributed by atoms with Crippen molar-refractivity contribution in [2.24, 2.45) is 0 Å². The maximum absolute atomic E-state index is 12.7. The summed E-state index contributed by atoms with van der Waals surface area (Å²) in [5.74, 6) is -2.30. The molecule has 9 nitrogen and oxygen atoms in total. The number of carbonyl (C=O) groups excluding carboxylic acids is 3. The molecule has 3 rings (SSSR count). The molecule has 170 valence electrons. The predicted octanol–water partition coefficient (Wildman–Crippen LogP) is 2.80. The average Bonchev–Trinajstić information content (AvgIpc) is 3.21. The van der Waals surface area contributed by atoms with Gasteiger partial charge in [0.15, 0.2) is 0 Å². The Bertz CT molecular complexity index is 1200. The van der Waals surface area contributed by atoms with Crippen LogP contribution in [0.3, 0.4) is 0 Å². The summed E-state index contributed by atoms with van der Waals surface area (Å²) >= 11 is 5.93. The third-order valence-electron chi connectivity index (χ3n) is 4.68. The van der Waals surface area contributed by atoms with E-state index >= 15 is 0 Å². The standard InChI is InChI=1S/C23H21ClN4O5/c1-14-19(27-28(26-14)17-11-9-16(24)10-12-17)13-18(22(30)32-2)20(23(31)33-3)25-21(29)15-7-5-4-6-8-15/h4-12H,13H2,1-3H3,(H,25,29)/b20-18+. The van der Waals surface area contributed by atoms with Crippen LogP contribution >= 0.6 is 11.6 Å². The van der Waals surface area contributed by atoms with E-state index in [2.05, 4.69) is 15.5 Å². The minimum Gasteiger partial charge on any atom is -0.466 e. The highest BCUT2D eigenvalue weighted by Crippen LogP contribution is 2.18. The molecule has 0 saturated heterocycles. The summed E-state index contributed by atoms with van der Waals surface area (Å²) in [6, 6.07) is 15.1. The quantitative estimate of drug-likeness (QED) is 0.419. The molecular formula is C23H21ClN4O5. The zero-order valence-corrected chi connectivity index (χ0v) is 18.9. The largest absolute Gasteiger partial charge is 0.466 e. The smallest absolute Gasteiger partial charge is 0.355 e. The van der Waals surface area contributed by atoms with E-state index in [0.717, 1.165) is 7.11 Å². The van der Waals surface area contributed by atoms with Crippen LogP contribution in [0.15, 0.2) is 65.9 Å². The first-order valence-corrected chi connectivity index (χ1v) is 10.2. The number of hydrogen-bond acceptors (Lipinski definition) is 7. The Morgan fingerprint density at radius 1 is 0.939 bits per heavy atom. The molecule has 0 aliphatic rings.